The van der Waals surface area contributed by atoms with Gasteiger partial charge in [0.05, 0.1) is 18.2 Å². The van der Waals surface area contributed by atoms with Gasteiger partial charge in [0.25, 0.3) is 5.91 Å². The number of morpholine rings is 1. The van der Waals surface area contributed by atoms with E-state index in [-0.39, 0.29) is 36.3 Å². The van der Waals surface area contributed by atoms with E-state index in [0.717, 1.165) is 50.9 Å². The number of carbonyl (C=O) groups excluding carboxylic acids is 2. The molecular formula is C23H29FN4O3. The monoisotopic (exact) mass is 428 g/mol. The zero-order valence-electron chi connectivity index (χ0n) is 17.8. The van der Waals surface area contributed by atoms with E-state index in [4.69, 9.17) is 4.74 Å². The van der Waals surface area contributed by atoms with E-state index in [1.54, 1.807) is 12.1 Å². The lowest BCUT2D eigenvalue weighted by atomic mass is 9.89. The van der Waals surface area contributed by atoms with Gasteiger partial charge in [0.15, 0.2) is 0 Å². The minimum Gasteiger partial charge on any atom is -0.369 e. The number of aromatic amines is 1. The van der Waals surface area contributed by atoms with Gasteiger partial charge in [-0.3, -0.25) is 14.5 Å². The number of ether oxygens (including phenoxy) is 1. The summed E-state index contributed by atoms with van der Waals surface area (Å²) in [7, 11) is 0. The van der Waals surface area contributed by atoms with E-state index < -0.39 is 0 Å². The van der Waals surface area contributed by atoms with Crippen LogP contribution in [0.3, 0.4) is 0 Å². The molecule has 2 N–H and O–H groups in total. The highest BCUT2D eigenvalue weighted by Gasteiger charge is 2.37. The van der Waals surface area contributed by atoms with Gasteiger partial charge < -0.3 is 19.9 Å². The van der Waals surface area contributed by atoms with Crippen molar-refractivity contribution in [2.75, 3.05) is 32.8 Å². The molecule has 2 aliphatic heterocycles. The Morgan fingerprint density at radius 1 is 1.26 bits per heavy atom. The summed E-state index contributed by atoms with van der Waals surface area (Å²) in [6.07, 6.45) is 3.99. The Labute approximate surface area is 180 Å². The number of hydrogen-bond donors (Lipinski definition) is 2. The Hall–Kier alpha value is -2.45. The molecule has 8 heteroatoms. The highest BCUT2D eigenvalue weighted by molar-refractivity contribution is 5.99. The fourth-order valence-corrected chi connectivity index (χ4v) is 5.38. The summed E-state index contributed by atoms with van der Waals surface area (Å²) >= 11 is 0. The maximum Gasteiger partial charge on any atom is 0.267 e. The van der Waals surface area contributed by atoms with Crippen molar-refractivity contribution in [2.24, 2.45) is 0 Å². The summed E-state index contributed by atoms with van der Waals surface area (Å²) in [6, 6.07) is 5.36. The largest absolute Gasteiger partial charge is 0.369 e. The highest BCUT2D eigenvalue weighted by Crippen LogP contribution is 2.27. The number of piperazine rings is 1. The Morgan fingerprint density at radius 2 is 2.13 bits per heavy atom. The topological polar surface area (TPSA) is 77.7 Å². The van der Waals surface area contributed by atoms with Crippen LogP contribution >= 0.6 is 0 Å². The van der Waals surface area contributed by atoms with Gasteiger partial charge in [0, 0.05) is 37.1 Å². The van der Waals surface area contributed by atoms with Gasteiger partial charge in [0.2, 0.25) is 5.91 Å². The molecule has 2 saturated heterocycles. The van der Waals surface area contributed by atoms with Crippen molar-refractivity contribution in [2.45, 2.75) is 50.7 Å². The number of rotatable bonds is 3. The first-order chi connectivity index (χ1) is 15.0. The van der Waals surface area contributed by atoms with Gasteiger partial charge in [0.1, 0.15) is 18.1 Å². The fourth-order valence-electron chi connectivity index (χ4n) is 5.38. The molecule has 166 valence electrons. The van der Waals surface area contributed by atoms with Crippen molar-refractivity contribution in [3.8, 4) is 0 Å². The quantitative estimate of drug-likeness (QED) is 0.786. The zero-order chi connectivity index (χ0) is 21.5. The first kappa shape index (κ1) is 20.5. The van der Waals surface area contributed by atoms with E-state index >= 15 is 0 Å². The first-order valence-electron chi connectivity index (χ1n) is 11.2. The van der Waals surface area contributed by atoms with Crippen LogP contribution in [0.25, 0.3) is 10.9 Å². The third-order valence-electron chi connectivity index (χ3n) is 7.06. The van der Waals surface area contributed by atoms with Crippen LogP contribution in [0.4, 0.5) is 4.39 Å². The number of carbonyl (C=O) groups is 2. The summed E-state index contributed by atoms with van der Waals surface area (Å²) < 4.78 is 19.6. The van der Waals surface area contributed by atoms with Gasteiger partial charge in [-0.2, -0.15) is 0 Å². The molecule has 2 aromatic rings. The molecule has 3 heterocycles. The van der Waals surface area contributed by atoms with Crippen LogP contribution in [-0.2, 0) is 9.53 Å². The van der Waals surface area contributed by atoms with E-state index in [1.807, 2.05) is 11.8 Å². The number of nitrogens with zero attached hydrogens (tertiary/aromatic N) is 2. The third kappa shape index (κ3) is 3.94. The molecule has 7 nitrogen and oxygen atoms in total. The van der Waals surface area contributed by atoms with Crippen molar-refractivity contribution in [3.05, 3.63) is 35.3 Å². The molecule has 1 aliphatic carbocycles. The normalized spacial score (nSPS) is 27.4. The molecule has 1 aromatic carbocycles. The van der Waals surface area contributed by atoms with Crippen LogP contribution in [0.1, 0.15) is 41.7 Å². The van der Waals surface area contributed by atoms with Crippen LogP contribution < -0.4 is 5.32 Å². The Bertz CT molecular complexity index is 967. The fraction of sp³-hybridized carbons (Fsp3) is 0.565. The lowest BCUT2D eigenvalue weighted by molar-refractivity contribution is -0.153. The number of fused-ring (bicyclic) bond motifs is 2. The van der Waals surface area contributed by atoms with Crippen LogP contribution in [-0.4, -0.2) is 77.6 Å². The second kappa shape index (κ2) is 8.24. The Balaban J connectivity index is 1.23. The number of halogens is 1. The Kier molecular flexibility index (Phi) is 5.44. The summed E-state index contributed by atoms with van der Waals surface area (Å²) in [5.41, 5.74) is 1.99. The second-order valence-corrected chi connectivity index (χ2v) is 9.08. The van der Waals surface area contributed by atoms with Gasteiger partial charge in [-0.05, 0) is 50.3 Å². The minimum atomic E-state index is -0.321. The molecule has 1 aromatic heterocycles. The lowest BCUT2D eigenvalue weighted by Gasteiger charge is -2.47. The molecule has 3 atom stereocenters. The molecule has 3 aliphatic rings. The first-order valence-corrected chi connectivity index (χ1v) is 11.2. The molecule has 31 heavy (non-hydrogen) atoms. The summed E-state index contributed by atoms with van der Waals surface area (Å²) in [5, 5.41) is 3.61. The maximum absolute atomic E-state index is 14.1. The maximum atomic E-state index is 14.1. The zero-order valence-corrected chi connectivity index (χ0v) is 17.8. The number of benzene rings is 1. The van der Waals surface area contributed by atoms with Gasteiger partial charge in [-0.1, -0.05) is 6.07 Å². The molecule has 1 saturated carbocycles. The minimum absolute atomic E-state index is 0.0888. The number of aromatic nitrogens is 1. The van der Waals surface area contributed by atoms with Crippen molar-refractivity contribution >= 4 is 22.7 Å². The summed E-state index contributed by atoms with van der Waals surface area (Å²) in [6.45, 7) is 5.15. The average Bonchev–Trinajstić information content (AvgIpc) is 3.24. The summed E-state index contributed by atoms with van der Waals surface area (Å²) in [4.78, 5) is 32.4. The van der Waals surface area contributed by atoms with Gasteiger partial charge in [-0.25, -0.2) is 4.39 Å². The predicted molar refractivity (Wildman–Crippen MR) is 114 cm³/mol. The van der Waals surface area contributed by atoms with Crippen LogP contribution in [0.5, 0.6) is 0 Å². The van der Waals surface area contributed by atoms with Crippen LogP contribution in [0, 0.1) is 12.7 Å². The second-order valence-electron chi connectivity index (χ2n) is 9.08. The highest BCUT2D eigenvalue weighted by atomic mass is 19.1. The van der Waals surface area contributed by atoms with Crippen LogP contribution in [0.15, 0.2) is 18.2 Å². The van der Waals surface area contributed by atoms with Crippen molar-refractivity contribution in [1.82, 2.24) is 20.1 Å². The average molecular weight is 429 g/mol. The number of H-pyrrole nitrogens is 1. The SMILES string of the molecule is Cc1ccc(F)c2cc(C(=O)N[C@@H]3CCC[C@H](N4CCN5C(=O)COCC5C4)C3)[nH]c12. The molecule has 0 spiro atoms. The molecule has 0 bridgehead atoms. The van der Waals surface area contributed by atoms with Gasteiger partial charge in [-0.15, -0.1) is 0 Å². The molecule has 0 radical (unpaired) electrons. The number of nitrogens with one attached hydrogen (secondary N) is 2. The smallest absolute Gasteiger partial charge is 0.267 e. The summed E-state index contributed by atoms with van der Waals surface area (Å²) in [5.74, 6) is -0.413. The van der Waals surface area contributed by atoms with E-state index in [2.05, 4.69) is 15.2 Å². The molecule has 2 amide bonds. The van der Waals surface area contributed by atoms with E-state index in [1.165, 1.54) is 6.07 Å². The molecule has 5 rings (SSSR count). The van der Waals surface area contributed by atoms with Gasteiger partial charge >= 0.3 is 0 Å². The standard InChI is InChI=1S/C23H29FN4O3/c1-14-5-6-19(24)18-10-20(26-22(14)18)23(30)25-15-3-2-4-16(9-15)27-7-8-28-17(11-27)12-31-13-21(28)29/h5-6,10,15-17,26H,2-4,7-9,11-13H2,1H3,(H,25,30)/t15-,16+,17?/m1/s1. The van der Waals surface area contributed by atoms with Crippen LogP contribution in [0.2, 0.25) is 0 Å². The molecular weight excluding hydrogens is 399 g/mol. The molecule has 1 unspecified atom stereocenters. The van der Waals surface area contributed by atoms with E-state index in [9.17, 15) is 14.0 Å². The number of aryl methyl sites for hydroxylation is 1. The molecule has 3 fully saturated rings. The Morgan fingerprint density at radius 3 is 2.97 bits per heavy atom. The number of amides is 2. The predicted octanol–water partition coefficient (Wildman–Crippen LogP) is 2.20. The lowest BCUT2D eigenvalue weighted by Crippen LogP contribution is -2.62. The van der Waals surface area contributed by atoms with Crippen molar-refractivity contribution < 1.29 is 18.7 Å². The third-order valence-corrected chi connectivity index (χ3v) is 7.06. The number of hydrogen-bond acceptors (Lipinski definition) is 4. The van der Waals surface area contributed by atoms with Crippen molar-refractivity contribution in [1.29, 1.82) is 0 Å². The van der Waals surface area contributed by atoms with Crippen molar-refractivity contribution in [3.63, 3.8) is 0 Å². The van der Waals surface area contributed by atoms with E-state index in [0.29, 0.717) is 29.2 Å².